The summed E-state index contributed by atoms with van der Waals surface area (Å²) in [5.41, 5.74) is 6.35. The van der Waals surface area contributed by atoms with Crippen LogP contribution in [0.15, 0.2) is 17.0 Å². The molecule has 4 nitrogen and oxygen atoms in total. The van der Waals surface area contributed by atoms with Crippen LogP contribution in [-0.2, 0) is 4.74 Å². The molecule has 0 heterocycles. The smallest absolute Gasteiger partial charge is 0.339 e. The van der Waals surface area contributed by atoms with Gasteiger partial charge >= 0.3 is 5.97 Å². The van der Waals surface area contributed by atoms with Gasteiger partial charge in [-0.3, -0.25) is 0 Å². The molecule has 0 aromatic heterocycles. The fraction of sp³-hybridized carbons (Fsp3) is 0.364. The van der Waals surface area contributed by atoms with Crippen LogP contribution in [-0.4, -0.2) is 30.0 Å². The number of ether oxygens (including phenoxy) is 1. The number of benzene rings is 1. The van der Waals surface area contributed by atoms with Gasteiger partial charge in [-0.25, -0.2) is 4.79 Å². The third kappa shape index (κ3) is 3.52. The molecule has 3 N–H and O–H groups in total. The van der Waals surface area contributed by atoms with Crippen molar-refractivity contribution in [3.05, 3.63) is 22.7 Å². The minimum atomic E-state index is -0.494. The average Bonchev–Trinajstić information content (AvgIpc) is 2.30. The molecule has 0 saturated carbocycles. The summed E-state index contributed by atoms with van der Waals surface area (Å²) in [6.07, 6.45) is 0. The second-order valence-corrected chi connectivity index (χ2v) is 5.34. The zero-order valence-electron chi connectivity index (χ0n) is 9.57. The van der Waals surface area contributed by atoms with Gasteiger partial charge < -0.3 is 15.6 Å². The van der Waals surface area contributed by atoms with Crippen LogP contribution in [0.25, 0.3) is 0 Å². The highest BCUT2D eigenvalue weighted by atomic mass is 35.5. The standard InChI is InChI=1S/C11H14ClNO3S/c1-6(5-14)17-10-8(11(15)16-2)3-7(13)4-9(10)12/h3-4,6,14H,5,13H2,1-2H3. The predicted octanol–water partition coefficient (Wildman–Crippen LogP) is 2.18. The Morgan fingerprint density at radius 3 is 2.82 bits per heavy atom. The Morgan fingerprint density at radius 2 is 2.29 bits per heavy atom. The van der Waals surface area contributed by atoms with Gasteiger partial charge in [-0.1, -0.05) is 18.5 Å². The first-order valence-corrected chi connectivity index (χ1v) is 6.20. The lowest BCUT2D eigenvalue weighted by Crippen LogP contribution is -2.08. The normalized spacial score (nSPS) is 12.2. The molecule has 0 saturated heterocycles. The lowest BCUT2D eigenvalue weighted by molar-refractivity contribution is 0.0597. The van der Waals surface area contributed by atoms with Crippen molar-refractivity contribution in [2.24, 2.45) is 0 Å². The van der Waals surface area contributed by atoms with Gasteiger partial charge in [0.05, 0.1) is 24.3 Å². The van der Waals surface area contributed by atoms with Crippen LogP contribution in [0, 0.1) is 0 Å². The molecule has 94 valence electrons. The number of aliphatic hydroxyl groups is 1. The van der Waals surface area contributed by atoms with Crippen molar-refractivity contribution >= 4 is 35.0 Å². The molecular formula is C11H14ClNO3S. The van der Waals surface area contributed by atoms with Crippen LogP contribution in [0.2, 0.25) is 5.02 Å². The molecule has 0 spiro atoms. The molecule has 0 aliphatic carbocycles. The van der Waals surface area contributed by atoms with Gasteiger partial charge in [0.15, 0.2) is 0 Å². The van der Waals surface area contributed by atoms with E-state index in [2.05, 4.69) is 4.74 Å². The Labute approximate surface area is 109 Å². The van der Waals surface area contributed by atoms with Gasteiger partial charge in [0.25, 0.3) is 0 Å². The number of carbonyl (C=O) groups excluding carboxylic acids is 1. The lowest BCUT2D eigenvalue weighted by atomic mass is 10.2. The minimum absolute atomic E-state index is 0.00795. The van der Waals surface area contributed by atoms with Crippen molar-refractivity contribution in [1.29, 1.82) is 0 Å². The van der Waals surface area contributed by atoms with Gasteiger partial charge in [0.2, 0.25) is 0 Å². The van der Waals surface area contributed by atoms with Gasteiger partial charge in [-0.15, -0.1) is 11.8 Å². The molecule has 0 fully saturated rings. The molecule has 0 bridgehead atoms. The fourth-order valence-corrected chi connectivity index (χ4v) is 2.51. The van der Waals surface area contributed by atoms with E-state index in [4.69, 9.17) is 22.4 Å². The van der Waals surface area contributed by atoms with Crippen molar-refractivity contribution < 1.29 is 14.6 Å². The number of hydrogen-bond donors (Lipinski definition) is 2. The first kappa shape index (κ1) is 14.2. The molecule has 0 amide bonds. The SMILES string of the molecule is COC(=O)c1cc(N)cc(Cl)c1SC(C)CO. The summed E-state index contributed by atoms with van der Waals surface area (Å²) in [5, 5.41) is 9.34. The Bertz CT molecular complexity index is 425. The predicted molar refractivity (Wildman–Crippen MR) is 69.6 cm³/mol. The number of thioether (sulfide) groups is 1. The number of nitrogens with two attached hydrogens (primary N) is 1. The highest BCUT2D eigenvalue weighted by Crippen LogP contribution is 2.35. The van der Waals surface area contributed by atoms with E-state index in [1.54, 1.807) is 6.07 Å². The number of hydrogen-bond acceptors (Lipinski definition) is 5. The van der Waals surface area contributed by atoms with Crippen molar-refractivity contribution in [2.75, 3.05) is 19.5 Å². The zero-order valence-corrected chi connectivity index (χ0v) is 11.1. The number of aliphatic hydroxyl groups excluding tert-OH is 1. The van der Waals surface area contributed by atoms with Crippen LogP contribution in [0.4, 0.5) is 5.69 Å². The Hall–Kier alpha value is -0.910. The maximum atomic E-state index is 11.6. The second kappa shape index (κ2) is 6.14. The monoisotopic (exact) mass is 275 g/mol. The van der Waals surface area contributed by atoms with Crippen molar-refractivity contribution in [1.82, 2.24) is 0 Å². The quantitative estimate of drug-likeness (QED) is 0.501. The molecule has 0 radical (unpaired) electrons. The Morgan fingerprint density at radius 1 is 1.65 bits per heavy atom. The van der Waals surface area contributed by atoms with Gasteiger partial charge in [0.1, 0.15) is 0 Å². The molecular weight excluding hydrogens is 262 g/mol. The zero-order chi connectivity index (χ0) is 13.0. The number of methoxy groups -OCH3 is 1. The van der Waals surface area contributed by atoms with Crippen LogP contribution < -0.4 is 5.73 Å². The molecule has 6 heteroatoms. The topological polar surface area (TPSA) is 72.5 Å². The fourth-order valence-electron chi connectivity index (χ4n) is 1.23. The van der Waals surface area contributed by atoms with Crippen molar-refractivity contribution in [2.45, 2.75) is 17.1 Å². The van der Waals surface area contributed by atoms with Crippen molar-refractivity contribution in [3.63, 3.8) is 0 Å². The molecule has 0 aliphatic rings. The summed E-state index contributed by atoms with van der Waals surface area (Å²) in [6.45, 7) is 1.82. The van der Waals surface area contributed by atoms with E-state index < -0.39 is 5.97 Å². The van der Waals surface area contributed by atoms with Crippen LogP contribution in [0.3, 0.4) is 0 Å². The van der Waals surface area contributed by atoms with E-state index in [-0.39, 0.29) is 11.9 Å². The van der Waals surface area contributed by atoms with Crippen molar-refractivity contribution in [3.8, 4) is 0 Å². The molecule has 1 rings (SSSR count). The van der Waals surface area contributed by atoms with E-state index >= 15 is 0 Å². The van der Waals surface area contributed by atoms with Crippen LogP contribution in [0.5, 0.6) is 0 Å². The number of carbonyl (C=O) groups is 1. The first-order valence-electron chi connectivity index (χ1n) is 4.94. The summed E-state index contributed by atoms with van der Waals surface area (Å²) in [5.74, 6) is -0.494. The summed E-state index contributed by atoms with van der Waals surface area (Å²) in [6, 6.07) is 3.09. The van der Waals surface area contributed by atoms with E-state index in [1.165, 1.54) is 24.9 Å². The third-order valence-electron chi connectivity index (χ3n) is 2.05. The van der Waals surface area contributed by atoms with Gasteiger partial charge in [-0.05, 0) is 12.1 Å². The number of anilines is 1. The van der Waals surface area contributed by atoms with E-state index in [0.717, 1.165) is 0 Å². The van der Waals surface area contributed by atoms with Crippen LogP contribution in [0.1, 0.15) is 17.3 Å². The molecule has 17 heavy (non-hydrogen) atoms. The summed E-state index contributed by atoms with van der Waals surface area (Å²) in [4.78, 5) is 12.2. The van der Waals surface area contributed by atoms with Crippen LogP contribution >= 0.6 is 23.4 Å². The Kier molecular flexibility index (Phi) is 5.11. The Balaban J connectivity index is 3.20. The van der Waals surface area contributed by atoms with E-state index in [9.17, 15) is 4.79 Å². The minimum Gasteiger partial charge on any atom is -0.465 e. The molecule has 0 aliphatic heterocycles. The molecule has 1 aromatic carbocycles. The summed E-state index contributed by atoms with van der Waals surface area (Å²) < 4.78 is 4.67. The third-order valence-corrected chi connectivity index (χ3v) is 3.68. The molecule has 1 unspecified atom stereocenters. The van der Waals surface area contributed by atoms with Gasteiger partial charge in [-0.2, -0.15) is 0 Å². The lowest BCUT2D eigenvalue weighted by Gasteiger charge is -2.13. The number of esters is 1. The first-order chi connectivity index (χ1) is 7.99. The molecule has 1 atom stereocenters. The number of nitrogen functional groups attached to an aromatic ring is 1. The second-order valence-electron chi connectivity index (χ2n) is 3.48. The largest absolute Gasteiger partial charge is 0.465 e. The maximum absolute atomic E-state index is 11.6. The van der Waals surface area contributed by atoms with E-state index in [1.807, 2.05) is 6.92 Å². The highest BCUT2D eigenvalue weighted by Gasteiger charge is 2.18. The number of halogens is 1. The van der Waals surface area contributed by atoms with Gasteiger partial charge in [0, 0.05) is 15.8 Å². The molecule has 1 aromatic rings. The maximum Gasteiger partial charge on any atom is 0.339 e. The average molecular weight is 276 g/mol. The summed E-state index contributed by atoms with van der Waals surface area (Å²) in [7, 11) is 1.29. The number of rotatable bonds is 4. The highest BCUT2D eigenvalue weighted by molar-refractivity contribution is 8.00. The van der Waals surface area contributed by atoms with E-state index in [0.29, 0.717) is 21.2 Å². The summed E-state index contributed by atoms with van der Waals surface area (Å²) >= 11 is 7.36.